The van der Waals surface area contributed by atoms with Crippen LogP contribution in [0.15, 0.2) is 34.0 Å². The molecule has 2 aliphatic rings. The summed E-state index contributed by atoms with van der Waals surface area (Å²) in [5, 5.41) is 9.17. The van der Waals surface area contributed by atoms with Gasteiger partial charge in [-0.2, -0.15) is 5.26 Å². The monoisotopic (exact) mass is 668 g/mol. The Kier molecular flexibility index (Phi) is 14.4. The molecule has 0 aromatic carbocycles. The fraction of sp³-hybridized carbons (Fsp3) is 0.733. The number of hydrogen-bond acceptors (Lipinski definition) is 11. The zero-order chi connectivity index (χ0) is 33.1. The maximum absolute atomic E-state index is 12.9. The molecule has 0 spiro atoms. The number of carbonyl (C=O) groups is 1. The number of nitrogens with one attached hydrogen (secondary N) is 1. The average molecular weight is 669 g/mol. The smallest absolute Gasteiger partial charge is 0.431 e. The van der Waals surface area contributed by atoms with Gasteiger partial charge in [-0.3, -0.25) is 14.3 Å². The zero-order valence-corrected chi connectivity index (χ0v) is 29.4. The summed E-state index contributed by atoms with van der Waals surface area (Å²) >= 11 is 0. The number of rotatable bonds is 14. The molecule has 3 rings (SSSR count). The van der Waals surface area contributed by atoms with Gasteiger partial charge in [0, 0.05) is 24.3 Å². The second-order valence-electron chi connectivity index (χ2n) is 12.7. The van der Waals surface area contributed by atoms with Crippen LogP contribution in [0.1, 0.15) is 72.4 Å². The van der Waals surface area contributed by atoms with Crippen molar-refractivity contribution in [3.8, 4) is 6.07 Å². The van der Waals surface area contributed by atoms with Crippen molar-refractivity contribution < 1.29 is 32.5 Å². The van der Waals surface area contributed by atoms with Gasteiger partial charge in [-0.1, -0.05) is 12.5 Å². The molecule has 0 bridgehead atoms. The minimum Gasteiger partial charge on any atom is -0.431 e. The van der Waals surface area contributed by atoms with Crippen LogP contribution in [0.25, 0.3) is 0 Å². The van der Waals surface area contributed by atoms with E-state index in [-0.39, 0.29) is 37.8 Å². The predicted molar refractivity (Wildman–Crippen MR) is 172 cm³/mol. The molecule has 0 radical (unpaired) electrons. The van der Waals surface area contributed by atoms with Crippen LogP contribution >= 0.6 is 8.53 Å². The lowest BCUT2D eigenvalue weighted by Crippen LogP contribution is -2.46. The van der Waals surface area contributed by atoms with E-state index < -0.39 is 58.8 Å². The Morgan fingerprint density at radius 1 is 1.18 bits per heavy atom. The molecule has 0 amide bonds. The Balaban J connectivity index is 1.96. The Morgan fingerprint density at radius 2 is 1.91 bits per heavy atom. The van der Waals surface area contributed by atoms with Gasteiger partial charge in [0.2, 0.25) is 0 Å². The molecule has 1 aliphatic heterocycles. The Labute approximate surface area is 267 Å². The van der Waals surface area contributed by atoms with Gasteiger partial charge >= 0.3 is 11.8 Å². The van der Waals surface area contributed by atoms with E-state index in [4.69, 9.17) is 27.7 Å². The molecular formula is C30H49N4O9PSi. The van der Waals surface area contributed by atoms with Crippen LogP contribution in [0.3, 0.4) is 0 Å². The van der Waals surface area contributed by atoms with Crippen LogP contribution in [0, 0.1) is 11.3 Å². The molecule has 45 heavy (non-hydrogen) atoms. The van der Waals surface area contributed by atoms with E-state index in [0.29, 0.717) is 6.42 Å². The van der Waals surface area contributed by atoms with Crippen molar-refractivity contribution in [2.45, 2.75) is 129 Å². The van der Waals surface area contributed by atoms with Crippen LogP contribution in [-0.4, -0.2) is 78.4 Å². The fourth-order valence-corrected chi connectivity index (χ4v) is 8.12. The molecule has 1 aliphatic carbocycles. The molecule has 1 aromatic rings. The number of H-pyrrole nitrogens is 1. The maximum atomic E-state index is 12.9. The molecule has 2 heterocycles. The minimum atomic E-state index is -2.31. The van der Waals surface area contributed by atoms with E-state index in [2.05, 4.69) is 15.7 Å². The summed E-state index contributed by atoms with van der Waals surface area (Å²) in [7, 11) is -4.07. The summed E-state index contributed by atoms with van der Waals surface area (Å²) in [5.74, 6) is 0. The van der Waals surface area contributed by atoms with Crippen LogP contribution in [-0.2, 0) is 27.7 Å². The van der Waals surface area contributed by atoms with Gasteiger partial charge in [-0.25, -0.2) is 14.3 Å². The topological polar surface area (TPSA) is 154 Å². The molecule has 0 saturated carbocycles. The summed E-state index contributed by atoms with van der Waals surface area (Å²) in [6, 6.07) is 3.38. The van der Waals surface area contributed by atoms with Crippen molar-refractivity contribution in [2.75, 3.05) is 13.2 Å². The molecule has 252 valence electrons. The number of aromatic nitrogens is 2. The van der Waals surface area contributed by atoms with Crippen LogP contribution in [0.2, 0.25) is 19.6 Å². The second-order valence-corrected chi connectivity index (χ2v) is 18.5. The van der Waals surface area contributed by atoms with Gasteiger partial charge in [0.25, 0.3) is 14.1 Å². The maximum Gasteiger partial charge on any atom is 0.508 e. The van der Waals surface area contributed by atoms with E-state index in [1.54, 1.807) is 0 Å². The minimum absolute atomic E-state index is 0.0241. The standard InChI is InChI=1S/C30H49N4O9PSi/c1-21(2)34(22(3)4)44(39-19-13-17-31)42-26-24(20-38-30(37)40-23-14-11-9-8-10-12-15-23)41-28(27(26)43-45(5,6)7)33-18-16-25(35)32-29(33)36/h11,14,16,18,21-24,26-28H,8-10,12-13,15,19-20H2,1-7H3,(H,32,35,36)/b14-11+/t23?,24-,26-,27?,28-,44?/m1/s1. The van der Waals surface area contributed by atoms with Crippen LogP contribution < -0.4 is 11.2 Å². The zero-order valence-electron chi connectivity index (χ0n) is 27.5. The van der Waals surface area contributed by atoms with Crippen molar-refractivity contribution in [1.82, 2.24) is 14.2 Å². The fourth-order valence-electron chi connectivity index (χ4n) is 5.29. The van der Waals surface area contributed by atoms with Gasteiger partial charge in [0.1, 0.15) is 31.0 Å². The highest BCUT2D eigenvalue weighted by molar-refractivity contribution is 7.44. The van der Waals surface area contributed by atoms with E-state index in [1.807, 2.05) is 59.5 Å². The number of nitrogens with zero attached hydrogens (tertiary/aromatic N) is 3. The van der Waals surface area contributed by atoms with Gasteiger partial charge in [-0.15, -0.1) is 0 Å². The van der Waals surface area contributed by atoms with Crippen molar-refractivity contribution in [3.63, 3.8) is 0 Å². The van der Waals surface area contributed by atoms with E-state index in [0.717, 1.165) is 25.7 Å². The van der Waals surface area contributed by atoms with Gasteiger partial charge in [0.15, 0.2) is 14.5 Å². The molecule has 1 aromatic heterocycles. The van der Waals surface area contributed by atoms with E-state index in [1.165, 1.54) is 16.8 Å². The SMILES string of the molecule is CC(C)N(C(C)C)P(OCCC#N)O[C@H]1C(O[Si](C)(C)C)[C@H](n2ccc(=O)[nH]c2=O)O[C@@H]1COC(=O)OC1/C=C/CCCCC1. The normalized spacial score (nSPS) is 25.5. The highest BCUT2D eigenvalue weighted by Gasteiger charge is 2.51. The predicted octanol–water partition coefficient (Wildman–Crippen LogP) is 5.36. The highest BCUT2D eigenvalue weighted by Crippen LogP contribution is 2.50. The van der Waals surface area contributed by atoms with E-state index in [9.17, 15) is 19.6 Å². The lowest BCUT2D eigenvalue weighted by molar-refractivity contribution is -0.0644. The third-order valence-electron chi connectivity index (χ3n) is 7.10. The first-order chi connectivity index (χ1) is 21.3. The van der Waals surface area contributed by atoms with Crippen LogP contribution in [0.5, 0.6) is 0 Å². The van der Waals surface area contributed by atoms with E-state index >= 15 is 0 Å². The Morgan fingerprint density at radius 3 is 2.56 bits per heavy atom. The summed E-state index contributed by atoms with van der Waals surface area (Å²) in [6.07, 6.45) is 5.44. The number of allylic oxidation sites excluding steroid dienone is 1. The third-order valence-corrected chi connectivity index (χ3v) is 10.2. The van der Waals surface area contributed by atoms with Crippen molar-refractivity contribution in [2.24, 2.45) is 0 Å². The molecule has 15 heteroatoms. The Bertz CT molecular complexity index is 1270. The lowest BCUT2D eigenvalue weighted by Gasteiger charge is -2.39. The first-order valence-corrected chi connectivity index (χ1v) is 20.2. The highest BCUT2D eigenvalue weighted by atomic mass is 31.2. The summed E-state index contributed by atoms with van der Waals surface area (Å²) < 4.78 is 40.4. The van der Waals surface area contributed by atoms with Gasteiger partial charge < -0.3 is 27.7 Å². The molecule has 13 nitrogen and oxygen atoms in total. The lowest BCUT2D eigenvalue weighted by atomic mass is 10.0. The van der Waals surface area contributed by atoms with Gasteiger partial charge in [-0.05, 0) is 79.1 Å². The molecule has 1 fully saturated rings. The average Bonchev–Trinajstić information content (AvgIpc) is 3.23. The molecule has 1 N–H and O–H groups in total. The summed E-state index contributed by atoms with van der Waals surface area (Å²) in [5.41, 5.74) is -1.22. The second kappa shape index (κ2) is 17.5. The van der Waals surface area contributed by atoms with Crippen molar-refractivity contribution in [3.05, 3.63) is 45.3 Å². The summed E-state index contributed by atoms with van der Waals surface area (Å²) in [6.45, 7) is 14.0. The number of hydrogen-bond donors (Lipinski definition) is 1. The molecule has 3 unspecified atom stereocenters. The van der Waals surface area contributed by atoms with Gasteiger partial charge in [0.05, 0.1) is 19.1 Å². The number of ether oxygens (including phenoxy) is 3. The molecular weight excluding hydrogens is 619 g/mol. The van der Waals surface area contributed by atoms with Crippen molar-refractivity contribution >= 4 is 23.0 Å². The molecule has 1 saturated heterocycles. The first kappa shape index (κ1) is 37.1. The summed E-state index contributed by atoms with van der Waals surface area (Å²) in [4.78, 5) is 39.9. The largest absolute Gasteiger partial charge is 0.508 e. The van der Waals surface area contributed by atoms with Crippen molar-refractivity contribution in [1.29, 1.82) is 5.26 Å². The third kappa shape index (κ3) is 11.4. The number of aromatic amines is 1. The molecule has 6 atom stereocenters. The first-order valence-electron chi connectivity index (χ1n) is 15.7. The number of carbonyl (C=O) groups excluding carboxylic acids is 1. The Hall–Kier alpha value is -2.37. The van der Waals surface area contributed by atoms with Crippen LogP contribution in [0.4, 0.5) is 4.79 Å². The number of nitriles is 1. The quantitative estimate of drug-likeness (QED) is 0.0896.